The molecular weight excluding hydrogens is 881 g/mol. The molecule has 13 unspecified atom stereocenters. The Morgan fingerprint density at radius 1 is 0.851 bits per heavy atom. The molecule has 4 aliphatic rings. The third-order valence-corrected chi connectivity index (χ3v) is 13.8. The number of carbonyl (C=O) groups is 7. The number of aryl methyl sites for hydroxylation is 1. The number of aliphatic hydroxyl groups excluding tert-OH is 1. The van der Waals surface area contributed by atoms with E-state index in [1.165, 1.54) is 80.9 Å². The monoisotopic (exact) mass is 940 g/mol. The number of carbonyl (C=O) groups excluding carboxylic acids is 7. The van der Waals surface area contributed by atoms with E-state index in [-0.39, 0.29) is 11.1 Å². The Kier molecular flexibility index (Phi) is 13.9. The molecule has 2 aliphatic carbocycles. The van der Waals surface area contributed by atoms with Gasteiger partial charge in [0.25, 0.3) is 0 Å². The van der Waals surface area contributed by atoms with Crippen molar-refractivity contribution in [2.45, 2.75) is 136 Å². The van der Waals surface area contributed by atoms with Crippen LogP contribution in [0.5, 0.6) is 0 Å². The second kappa shape index (κ2) is 18.4. The van der Waals surface area contributed by atoms with Crippen LogP contribution in [0.4, 0.5) is 0 Å². The van der Waals surface area contributed by atoms with Crippen LogP contribution in [0.25, 0.3) is 0 Å². The number of rotatable bonds is 10. The maximum Gasteiger partial charge on any atom is 0.340 e. The summed E-state index contributed by atoms with van der Waals surface area (Å²) in [5.74, 6) is -13.2. The number of hydrogen-bond donors (Lipinski definition) is 2. The lowest BCUT2D eigenvalue weighted by Crippen LogP contribution is -2.89. The quantitative estimate of drug-likeness (QED) is 0.256. The standard InChI is InChI=1S/C47H60N2O18/c1-21(2)38(53)61-20-46-34(52)33(64-42(57)27-13-14-30(51)49(12)18-27)36-45(11,59)47(46)35(62-26(9)50)31(32(63-39(54)22(3)4)37(46)66-40(55)23(5)6)44(10,67-47)19-60-43(58)29-17-48-16-15-28(29)24(7)25(8)41(56)65-36/h13-18,21-25,31-37,52,59H,19-20H2,1-12H3. The molecule has 4 bridgehead atoms. The summed E-state index contributed by atoms with van der Waals surface area (Å²) in [6.45, 7) is 13.7. The van der Waals surface area contributed by atoms with Crippen LogP contribution in [-0.4, -0.2) is 128 Å². The number of pyridine rings is 2. The Labute approximate surface area is 386 Å². The average Bonchev–Trinajstić information content (AvgIpc) is 3.48. The zero-order valence-corrected chi connectivity index (χ0v) is 39.6. The van der Waals surface area contributed by atoms with Crippen LogP contribution in [0.15, 0.2) is 41.6 Å². The summed E-state index contributed by atoms with van der Waals surface area (Å²) < 4.78 is 51.3. The van der Waals surface area contributed by atoms with Gasteiger partial charge in [-0.1, -0.05) is 55.4 Å². The Morgan fingerprint density at radius 3 is 2.07 bits per heavy atom. The minimum atomic E-state index is -2.91. The fourth-order valence-corrected chi connectivity index (χ4v) is 9.99. The van der Waals surface area contributed by atoms with Crippen LogP contribution in [0.2, 0.25) is 0 Å². The van der Waals surface area contributed by atoms with Gasteiger partial charge in [0.05, 0.1) is 40.7 Å². The predicted octanol–water partition coefficient (Wildman–Crippen LogP) is 2.36. The van der Waals surface area contributed by atoms with E-state index >= 15 is 0 Å². The molecule has 0 amide bonds. The Bertz CT molecular complexity index is 2380. The lowest BCUT2D eigenvalue weighted by molar-refractivity contribution is -0.386. The maximum atomic E-state index is 14.7. The second-order valence-electron chi connectivity index (χ2n) is 19.4. The highest BCUT2D eigenvalue weighted by molar-refractivity contribution is 5.91. The van der Waals surface area contributed by atoms with Gasteiger partial charge in [-0.25, -0.2) is 9.59 Å². The lowest BCUT2D eigenvalue weighted by Gasteiger charge is -2.67. The summed E-state index contributed by atoms with van der Waals surface area (Å²) >= 11 is 0. The second-order valence-corrected chi connectivity index (χ2v) is 19.4. The van der Waals surface area contributed by atoms with E-state index in [2.05, 4.69) is 4.98 Å². The number of ether oxygens (including phenoxy) is 8. The molecule has 2 N–H and O–H groups in total. The molecule has 0 aromatic carbocycles. The van der Waals surface area contributed by atoms with Crippen molar-refractivity contribution in [2.75, 3.05) is 13.2 Å². The van der Waals surface area contributed by atoms with Gasteiger partial charge in [-0.15, -0.1) is 0 Å². The van der Waals surface area contributed by atoms with E-state index in [1.807, 2.05) is 0 Å². The number of hydrogen-bond acceptors (Lipinski definition) is 19. The summed E-state index contributed by atoms with van der Waals surface area (Å²) in [6.07, 6.45) is -9.02. The highest BCUT2D eigenvalue weighted by atomic mass is 16.7. The molecule has 20 heteroatoms. The van der Waals surface area contributed by atoms with Crippen molar-refractivity contribution in [1.82, 2.24) is 9.55 Å². The third-order valence-electron chi connectivity index (χ3n) is 13.8. The first-order valence-corrected chi connectivity index (χ1v) is 22.2. The minimum Gasteiger partial charge on any atom is -0.465 e. The van der Waals surface area contributed by atoms with Gasteiger partial charge in [-0.05, 0) is 37.5 Å². The number of aromatic nitrogens is 2. The highest BCUT2D eigenvalue weighted by Gasteiger charge is 2.91. The number of fused-ring (bicyclic) bond motifs is 5. The molecule has 366 valence electrons. The first-order valence-electron chi connectivity index (χ1n) is 22.2. The number of esters is 7. The summed E-state index contributed by atoms with van der Waals surface area (Å²) in [5, 5.41) is 27.3. The molecule has 2 saturated carbocycles. The van der Waals surface area contributed by atoms with E-state index in [4.69, 9.17) is 37.9 Å². The molecule has 0 radical (unpaired) electrons. The van der Waals surface area contributed by atoms with Gasteiger partial charge in [0.1, 0.15) is 48.1 Å². The minimum absolute atomic E-state index is 0.0564. The van der Waals surface area contributed by atoms with Crippen molar-refractivity contribution in [3.63, 3.8) is 0 Å². The van der Waals surface area contributed by atoms with E-state index in [9.17, 15) is 48.6 Å². The largest absolute Gasteiger partial charge is 0.465 e. The van der Waals surface area contributed by atoms with Crippen molar-refractivity contribution in [2.24, 2.45) is 42.1 Å². The number of cyclic esters (lactones) is 1. The van der Waals surface area contributed by atoms with Crippen molar-refractivity contribution in [3.05, 3.63) is 63.8 Å². The van der Waals surface area contributed by atoms with Gasteiger partial charge in [-0.3, -0.25) is 33.8 Å². The third kappa shape index (κ3) is 8.38. The van der Waals surface area contributed by atoms with Crippen LogP contribution >= 0.6 is 0 Å². The van der Waals surface area contributed by atoms with Gasteiger partial charge in [0, 0.05) is 38.6 Å². The molecule has 2 aromatic heterocycles. The summed E-state index contributed by atoms with van der Waals surface area (Å²) in [6, 6.07) is 3.71. The number of nitrogens with zero attached hydrogens (tertiary/aromatic N) is 2. The van der Waals surface area contributed by atoms with Crippen LogP contribution in [-0.2, 0) is 68.9 Å². The molecule has 2 aromatic rings. The van der Waals surface area contributed by atoms with Crippen LogP contribution in [0, 0.1) is 35.0 Å². The zero-order chi connectivity index (χ0) is 49.9. The van der Waals surface area contributed by atoms with Crippen molar-refractivity contribution < 1.29 is 81.7 Å². The zero-order valence-electron chi connectivity index (χ0n) is 39.6. The molecule has 20 nitrogen and oxygen atoms in total. The molecule has 4 heterocycles. The summed E-state index contributed by atoms with van der Waals surface area (Å²) in [4.78, 5) is 115. The van der Waals surface area contributed by atoms with Crippen LogP contribution in [0.3, 0.4) is 0 Å². The smallest absolute Gasteiger partial charge is 0.340 e. The molecule has 67 heavy (non-hydrogen) atoms. The van der Waals surface area contributed by atoms with Crippen molar-refractivity contribution in [1.29, 1.82) is 0 Å². The van der Waals surface area contributed by atoms with Crippen LogP contribution in [0.1, 0.15) is 108 Å². The van der Waals surface area contributed by atoms with Crippen molar-refractivity contribution >= 4 is 41.8 Å². The van der Waals surface area contributed by atoms with Crippen LogP contribution < -0.4 is 5.56 Å². The molecule has 2 aliphatic heterocycles. The lowest BCUT2D eigenvalue weighted by atomic mass is 9.45. The summed E-state index contributed by atoms with van der Waals surface area (Å²) in [7, 11) is 1.36. The average molecular weight is 941 g/mol. The molecule has 3 fully saturated rings. The topological polar surface area (TPSA) is 269 Å². The first kappa shape index (κ1) is 50.7. The molecule has 6 rings (SSSR count). The van der Waals surface area contributed by atoms with E-state index in [0.717, 1.165) is 36.7 Å². The fraction of sp³-hybridized carbons (Fsp3) is 0.638. The molecule has 13 atom stereocenters. The van der Waals surface area contributed by atoms with Gasteiger partial charge < -0.3 is 52.7 Å². The SMILES string of the molecule is CC(=O)OC1C2C(OC(=O)C(C)C)C(OC(=O)C(C)C)C3(COC(=O)C(C)C)C(O)C(OC(=O)c4ccc(=O)n(C)c4)C4OC(=O)C(C)C(C)c5ccncc5C(=O)OCC2(C)OC13C4(C)O. The van der Waals surface area contributed by atoms with Crippen molar-refractivity contribution in [3.8, 4) is 0 Å². The highest BCUT2D eigenvalue weighted by Crippen LogP contribution is 2.70. The molecule has 1 saturated heterocycles. The molecular formula is C47H60N2O18. The summed E-state index contributed by atoms with van der Waals surface area (Å²) in [5.41, 5.74) is -11.1. The van der Waals surface area contributed by atoms with Gasteiger partial charge >= 0.3 is 41.8 Å². The van der Waals surface area contributed by atoms with E-state index in [0.29, 0.717) is 5.56 Å². The van der Waals surface area contributed by atoms with Gasteiger partial charge in [-0.2, -0.15) is 0 Å². The number of aliphatic hydroxyl groups is 2. The fourth-order valence-electron chi connectivity index (χ4n) is 9.99. The maximum absolute atomic E-state index is 14.7. The Hall–Kier alpha value is -5.73. The predicted molar refractivity (Wildman–Crippen MR) is 228 cm³/mol. The van der Waals surface area contributed by atoms with E-state index < -0.39 is 155 Å². The van der Waals surface area contributed by atoms with Gasteiger partial charge in [0.15, 0.2) is 23.9 Å². The van der Waals surface area contributed by atoms with Gasteiger partial charge in [0.2, 0.25) is 5.56 Å². The Morgan fingerprint density at radius 2 is 1.48 bits per heavy atom. The first-order chi connectivity index (χ1) is 31.2. The van der Waals surface area contributed by atoms with E-state index in [1.54, 1.807) is 6.92 Å². The normalized spacial score (nSPS) is 34.6. The molecule has 1 spiro atoms. The Balaban J connectivity index is 1.78.